The zero-order valence-corrected chi connectivity index (χ0v) is 17.1. The van der Waals surface area contributed by atoms with Crippen molar-refractivity contribution in [1.82, 2.24) is 9.88 Å². The van der Waals surface area contributed by atoms with Crippen molar-refractivity contribution in [2.75, 3.05) is 18.4 Å². The van der Waals surface area contributed by atoms with E-state index >= 15 is 0 Å². The number of nitrogens with one attached hydrogen (secondary N) is 1. The second kappa shape index (κ2) is 8.61. The number of piperidine rings is 1. The molecule has 1 saturated heterocycles. The van der Waals surface area contributed by atoms with Crippen LogP contribution in [0, 0.1) is 0 Å². The standard InChI is InChI=1S/C22H23N3O3S/c1-2-17-14-29-21(24-17)16-5-3-11-25(13-16)22(27)15-7-9-18(10-8-15)23-20(26)19-6-4-12-28-19/h4,6-10,12,14,16H,2-3,5,11,13H2,1H3,(H,23,26). The van der Waals surface area contributed by atoms with Gasteiger partial charge in [0.25, 0.3) is 11.8 Å². The number of benzene rings is 1. The fraction of sp³-hybridized carbons (Fsp3) is 0.318. The van der Waals surface area contributed by atoms with Gasteiger partial charge in [-0.2, -0.15) is 0 Å². The molecule has 150 valence electrons. The number of carbonyl (C=O) groups excluding carboxylic acids is 2. The van der Waals surface area contributed by atoms with Crippen molar-refractivity contribution in [1.29, 1.82) is 0 Å². The minimum absolute atomic E-state index is 0.0193. The fourth-order valence-electron chi connectivity index (χ4n) is 3.51. The minimum Gasteiger partial charge on any atom is -0.459 e. The molecular formula is C22H23N3O3S. The quantitative estimate of drug-likeness (QED) is 0.670. The number of thiazole rings is 1. The summed E-state index contributed by atoms with van der Waals surface area (Å²) in [5.41, 5.74) is 2.37. The summed E-state index contributed by atoms with van der Waals surface area (Å²) in [6.07, 6.45) is 4.44. The Kier molecular flexibility index (Phi) is 5.76. The van der Waals surface area contributed by atoms with Crippen LogP contribution in [0.3, 0.4) is 0 Å². The van der Waals surface area contributed by atoms with E-state index in [9.17, 15) is 9.59 Å². The monoisotopic (exact) mass is 409 g/mol. The van der Waals surface area contributed by atoms with Gasteiger partial charge in [0.05, 0.1) is 17.0 Å². The highest BCUT2D eigenvalue weighted by atomic mass is 32.1. The second-order valence-corrected chi connectivity index (χ2v) is 8.02. The Morgan fingerprint density at radius 2 is 2.10 bits per heavy atom. The predicted molar refractivity (Wildman–Crippen MR) is 112 cm³/mol. The predicted octanol–water partition coefficient (Wildman–Crippen LogP) is 4.57. The van der Waals surface area contributed by atoms with Crippen molar-refractivity contribution in [2.45, 2.75) is 32.1 Å². The SMILES string of the molecule is CCc1csc(C2CCCN(C(=O)c3ccc(NC(=O)c4ccco4)cc3)C2)n1. The number of aromatic nitrogens is 1. The van der Waals surface area contributed by atoms with Crippen LogP contribution in [0.5, 0.6) is 0 Å². The van der Waals surface area contributed by atoms with Crippen molar-refractivity contribution in [3.05, 3.63) is 70.1 Å². The largest absolute Gasteiger partial charge is 0.459 e. The molecule has 3 aromatic rings. The molecule has 3 heterocycles. The summed E-state index contributed by atoms with van der Waals surface area (Å²) in [6, 6.07) is 10.3. The Morgan fingerprint density at radius 1 is 1.28 bits per heavy atom. The molecule has 2 amide bonds. The van der Waals surface area contributed by atoms with Gasteiger partial charge in [-0.15, -0.1) is 11.3 Å². The van der Waals surface area contributed by atoms with E-state index in [1.807, 2.05) is 4.90 Å². The second-order valence-electron chi connectivity index (χ2n) is 7.13. The average Bonchev–Trinajstić information content (AvgIpc) is 3.46. The van der Waals surface area contributed by atoms with Gasteiger partial charge in [0, 0.05) is 35.6 Å². The zero-order valence-electron chi connectivity index (χ0n) is 16.3. The van der Waals surface area contributed by atoms with Gasteiger partial charge in [-0.3, -0.25) is 9.59 Å². The Hall–Kier alpha value is -2.93. The molecule has 1 unspecified atom stereocenters. The summed E-state index contributed by atoms with van der Waals surface area (Å²) < 4.78 is 5.09. The lowest BCUT2D eigenvalue weighted by atomic mass is 9.98. The minimum atomic E-state index is -0.317. The van der Waals surface area contributed by atoms with E-state index in [0.717, 1.165) is 36.5 Å². The summed E-state index contributed by atoms with van der Waals surface area (Å²) >= 11 is 1.70. The highest BCUT2D eigenvalue weighted by molar-refractivity contribution is 7.09. The summed E-state index contributed by atoms with van der Waals surface area (Å²) in [4.78, 5) is 31.6. The first-order valence-corrected chi connectivity index (χ1v) is 10.7. The molecule has 7 heteroatoms. The maximum atomic E-state index is 13.0. The van der Waals surface area contributed by atoms with Crippen LogP contribution in [0.15, 0.2) is 52.5 Å². The number of hydrogen-bond donors (Lipinski definition) is 1. The van der Waals surface area contributed by atoms with E-state index in [1.165, 1.54) is 6.26 Å². The molecule has 6 nitrogen and oxygen atoms in total. The van der Waals surface area contributed by atoms with Crippen molar-refractivity contribution in [3.63, 3.8) is 0 Å². The normalized spacial score (nSPS) is 16.6. The van der Waals surface area contributed by atoms with Crippen molar-refractivity contribution >= 4 is 28.8 Å². The number of carbonyl (C=O) groups is 2. The van der Waals surface area contributed by atoms with E-state index in [0.29, 0.717) is 23.7 Å². The molecule has 1 atom stereocenters. The molecule has 0 radical (unpaired) electrons. The summed E-state index contributed by atoms with van der Waals surface area (Å²) in [5, 5.41) is 6.01. The van der Waals surface area contributed by atoms with Gasteiger partial charge < -0.3 is 14.6 Å². The molecule has 1 aliphatic heterocycles. The summed E-state index contributed by atoms with van der Waals surface area (Å²) in [5.74, 6) is 0.261. The number of likely N-dealkylation sites (tertiary alicyclic amines) is 1. The summed E-state index contributed by atoms with van der Waals surface area (Å²) in [6.45, 7) is 3.57. The van der Waals surface area contributed by atoms with Gasteiger partial charge in [-0.25, -0.2) is 4.98 Å². The number of aryl methyl sites for hydroxylation is 1. The van der Waals surface area contributed by atoms with Crippen LogP contribution >= 0.6 is 11.3 Å². The lowest BCUT2D eigenvalue weighted by Crippen LogP contribution is -2.39. The maximum absolute atomic E-state index is 13.0. The van der Waals surface area contributed by atoms with Crippen molar-refractivity contribution in [2.24, 2.45) is 0 Å². The van der Waals surface area contributed by atoms with Gasteiger partial charge in [0.1, 0.15) is 0 Å². The van der Waals surface area contributed by atoms with Crippen molar-refractivity contribution in [3.8, 4) is 0 Å². The molecule has 0 aliphatic carbocycles. The van der Waals surface area contributed by atoms with Gasteiger partial charge in [0.2, 0.25) is 0 Å². The first-order valence-electron chi connectivity index (χ1n) is 9.82. The third-order valence-corrected chi connectivity index (χ3v) is 6.18. The third-order valence-electron chi connectivity index (χ3n) is 5.12. The zero-order chi connectivity index (χ0) is 20.2. The van der Waals surface area contributed by atoms with E-state index in [-0.39, 0.29) is 17.6 Å². The van der Waals surface area contributed by atoms with Crippen molar-refractivity contribution < 1.29 is 14.0 Å². The molecule has 4 rings (SSSR count). The Labute approximate surface area is 173 Å². The molecule has 29 heavy (non-hydrogen) atoms. The lowest BCUT2D eigenvalue weighted by Gasteiger charge is -2.32. The number of anilines is 1. The van der Waals surface area contributed by atoms with Crippen LogP contribution in [0.1, 0.15) is 57.3 Å². The Bertz CT molecular complexity index is 979. The number of amides is 2. The van der Waals surface area contributed by atoms with Gasteiger partial charge in [-0.1, -0.05) is 6.92 Å². The van der Waals surface area contributed by atoms with Crippen LogP contribution < -0.4 is 5.32 Å². The van der Waals surface area contributed by atoms with E-state index in [4.69, 9.17) is 9.40 Å². The average molecular weight is 410 g/mol. The molecule has 0 spiro atoms. The number of hydrogen-bond acceptors (Lipinski definition) is 5. The highest BCUT2D eigenvalue weighted by Crippen LogP contribution is 2.30. The fourth-order valence-corrected chi connectivity index (χ4v) is 4.55. The van der Waals surface area contributed by atoms with Crippen LogP contribution in [0.4, 0.5) is 5.69 Å². The molecule has 1 aliphatic rings. The van der Waals surface area contributed by atoms with Gasteiger partial charge >= 0.3 is 0 Å². The molecule has 0 saturated carbocycles. The van der Waals surface area contributed by atoms with E-state index in [2.05, 4.69) is 17.6 Å². The van der Waals surface area contributed by atoms with E-state index in [1.54, 1.807) is 47.7 Å². The number of rotatable bonds is 5. The molecule has 2 aromatic heterocycles. The molecular weight excluding hydrogens is 386 g/mol. The van der Waals surface area contributed by atoms with Crippen LogP contribution in [-0.2, 0) is 6.42 Å². The van der Waals surface area contributed by atoms with Gasteiger partial charge in [0.15, 0.2) is 5.76 Å². The first-order chi connectivity index (χ1) is 14.1. The van der Waals surface area contributed by atoms with Gasteiger partial charge in [-0.05, 0) is 55.7 Å². The maximum Gasteiger partial charge on any atom is 0.291 e. The smallest absolute Gasteiger partial charge is 0.291 e. The molecule has 1 N–H and O–H groups in total. The molecule has 0 bridgehead atoms. The highest BCUT2D eigenvalue weighted by Gasteiger charge is 2.27. The summed E-state index contributed by atoms with van der Waals surface area (Å²) in [7, 11) is 0. The third kappa shape index (κ3) is 4.40. The van der Waals surface area contributed by atoms with Crippen LogP contribution in [0.25, 0.3) is 0 Å². The number of nitrogens with zero attached hydrogens (tertiary/aromatic N) is 2. The lowest BCUT2D eigenvalue weighted by molar-refractivity contribution is 0.0707. The topological polar surface area (TPSA) is 75.4 Å². The van der Waals surface area contributed by atoms with Crippen LogP contribution in [-0.4, -0.2) is 34.8 Å². The molecule has 1 fully saturated rings. The molecule has 1 aromatic carbocycles. The number of furan rings is 1. The Morgan fingerprint density at radius 3 is 2.79 bits per heavy atom. The first kappa shape index (κ1) is 19.4. The Balaban J connectivity index is 1.40. The van der Waals surface area contributed by atoms with E-state index < -0.39 is 0 Å². The van der Waals surface area contributed by atoms with Crippen LogP contribution in [0.2, 0.25) is 0 Å².